The molecule has 178 valence electrons. The lowest BCUT2D eigenvalue weighted by Crippen LogP contribution is -2.37. The fraction of sp³-hybridized carbons (Fsp3) is 0.318. The first kappa shape index (κ1) is 26.6. The molecular formula is C22H25F4IN6. The molecule has 0 saturated carbocycles. The van der Waals surface area contributed by atoms with Crippen LogP contribution in [0.4, 0.5) is 17.6 Å². The monoisotopic (exact) mass is 576 g/mol. The summed E-state index contributed by atoms with van der Waals surface area (Å²) in [4.78, 5) is 8.83. The number of hydrogen-bond donors (Lipinski definition) is 2. The highest BCUT2D eigenvalue weighted by atomic mass is 127. The van der Waals surface area contributed by atoms with Crippen LogP contribution in [0.3, 0.4) is 0 Å². The zero-order valence-corrected chi connectivity index (χ0v) is 20.7. The molecule has 11 heteroatoms. The third-order valence-corrected chi connectivity index (χ3v) is 4.62. The van der Waals surface area contributed by atoms with E-state index in [1.807, 2.05) is 39.0 Å². The van der Waals surface area contributed by atoms with Gasteiger partial charge in [-0.05, 0) is 56.2 Å². The van der Waals surface area contributed by atoms with Crippen LogP contribution in [-0.4, -0.2) is 27.3 Å². The number of aromatic nitrogens is 3. The van der Waals surface area contributed by atoms with Crippen molar-refractivity contribution < 1.29 is 17.6 Å². The number of rotatable bonds is 6. The van der Waals surface area contributed by atoms with Crippen molar-refractivity contribution >= 4 is 29.9 Å². The van der Waals surface area contributed by atoms with Crippen molar-refractivity contribution in [1.29, 1.82) is 0 Å². The van der Waals surface area contributed by atoms with Crippen LogP contribution in [0.15, 0.2) is 47.6 Å². The molecule has 0 spiro atoms. The van der Waals surface area contributed by atoms with Crippen LogP contribution in [0.1, 0.15) is 35.0 Å². The van der Waals surface area contributed by atoms with Crippen molar-refractivity contribution in [2.75, 3.05) is 6.54 Å². The Morgan fingerprint density at radius 3 is 2.42 bits per heavy atom. The van der Waals surface area contributed by atoms with E-state index in [9.17, 15) is 17.6 Å². The Balaban J connectivity index is 0.00000385. The number of guanidine groups is 1. The molecule has 3 rings (SSSR count). The molecule has 0 aliphatic rings. The van der Waals surface area contributed by atoms with Gasteiger partial charge in [-0.2, -0.15) is 18.3 Å². The van der Waals surface area contributed by atoms with E-state index >= 15 is 0 Å². The Morgan fingerprint density at radius 1 is 1.09 bits per heavy atom. The molecule has 0 radical (unpaired) electrons. The van der Waals surface area contributed by atoms with Gasteiger partial charge >= 0.3 is 6.18 Å². The molecule has 0 atom stereocenters. The third-order valence-electron chi connectivity index (χ3n) is 4.62. The van der Waals surface area contributed by atoms with E-state index in [0.717, 1.165) is 29.1 Å². The SMILES string of the molecule is CCNC(=NCc1ccc(-n2nc(C)cc2C)nc1)NCc1ccc(F)cc1C(F)(F)F.I. The summed E-state index contributed by atoms with van der Waals surface area (Å²) in [5, 5.41) is 10.3. The smallest absolute Gasteiger partial charge is 0.357 e. The molecule has 3 aromatic rings. The number of aryl methyl sites for hydroxylation is 2. The Kier molecular flexibility index (Phi) is 9.20. The molecule has 0 aliphatic carbocycles. The highest BCUT2D eigenvalue weighted by Crippen LogP contribution is 2.32. The summed E-state index contributed by atoms with van der Waals surface area (Å²) in [5.41, 5.74) is 1.61. The van der Waals surface area contributed by atoms with E-state index in [4.69, 9.17) is 0 Å². The molecule has 33 heavy (non-hydrogen) atoms. The highest BCUT2D eigenvalue weighted by molar-refractivity contribution is 14.0. The van der Waals surface area contributed by atoms with Crippen LogP contribution < -0.4 is 10.6 Å². The van der Waals surface area contributed by atoms with Crippen LogP contribution in [0.2, 0.25) is 0 Å². The number of halogens is 5. The van der Waals surface area contributed by atoms with Crippen molar-refractivity contribution in [3.8, 4) is 5.82 Å². The molecule has 2 N–H and O–H groups in total. The number of nitrogens with zero attached hydrogens (tertiary/aromatic N) is 4. The average Bonchev–Trinajstić information content (AvgIpc) is 3.08. The first-order valence-electron chi connectivity index (χ1n) is 10.0. The van der Waals surface area contributed by atoms with Gasteiger partial charge in [-0.15, -0.1) is 24.0 Å². The number of hydrogen-bond acceptors (Lipinski definition) is 3. The maximum atomic E-state index is 13.3. The maximum absolute atomic E-state index is 13.3. The molecule has 0 fully saturated rings. The van der Waals surface area contributed by atoms with Gasteiger partial charge in [-0.1, -0.05) is 12.1 Å². The fourth-order valence-electron chi connectivity index (χ4n) is 3.15. The van der Waals surface area contributed by atoms with Gasteiger partial charge in [0.05, 0.1) is 17.8 Å². The first-order chi connectivity index (χ1) is 15.2. The summed E-state index contributed by atoms with van der Waals surface area (Å²) in [6.45, 7) is 6.34. The predicted octanol–water partition coefficient (Wildman–Crippen LogP) is 4.92. The van der Waals surface area contributed by atoms with E-state index in [-0.39, 0.29) is 42.6 Å². The second kappa shape index (κ2) is 11.4. The largest absolute Gasteiger partial charge is 0.416 e. The number of benzene rings is 1. The maximum Gasteiger partial charge on any atom is 0.416 e. The predicted molar refractivity (Wildman–Crippen MR) is 129 cm³/mol. The van der Waals surface area contributed by atoms with Crippen molar-refractivity contribution in [1.82, 2.24) is 25.4 Å². The minimum absolute atomic E-state index is 0. The lowest BCUT2D eigenvalue weighted by Gasteiger charge is -2.16. The molecule has 2 aromatic heterocycles. The van der Waals surface area contributed by atoms with E-state index in [2.05, 4.69) is 25.7 Å². The van der Waals surface area contributed by atoms with Crippen molar-refractivity contribution in [3.05, 3.63) is 76.5 Å². The van der Waals surface area contributed by atoms with E-state index in [1.165, 1.54) is 0 Å². The van der Waals surface area contributed by atoms with Gasteiger partial charge in [0, 0.05) is 25.0 Å². The second-order valence-electron chi connectivity index (χ2n) is 7.21. The van der Waals surface area contributed by atoms with Crippen LogP contribution in [0, 0.1) is 19.7 Å². The van der Waals surface area contributed by atoms with E-state index in [1.54, 1.807) is 10.9 Å². The van der Waals surface area contributed by atoms with Gasteiger partial charge < -0.3 is 10.6 Å². The van der Waals surface area contributed by atoms with Gasteiger partial charge in [0.15, 0.2) is 11.8 Å². The first-order valence-corrected chi connectivity index (χ1v) is 10.0. The molecule has 0 bridgehead atoms. The summed E-state index contributed by atoms with van der Waals surface area (Å²) >= 11 is 0. The molecule has 0 aliphatic heterocycles. The number of nitrogens with one attached hydrogen (secondary N) is 2. The standard InChI is InChI=1S/C22H24F4N6.HI/c1-4-27-21(30-13-17-6-7-18(23)10-19(17)22(24,25)26)29-12-16-5-8-20(28-11-16)32-15(3)9-14(2)31-32;/h5-11H,4,12-13H2,1-3H3,(H2,27,29,30);1H. The third kappa shape index (κ3) is 7.14. The van der Waals surface area contributed by atoms with Crippen LogP contribution in [-0.2, 0) is 19.3 Å². The lowest BCUT2D eigenvalue weighted by atomic mass is 10.1. The van der Waals surface area contributed by atoms with Gasteiger partial charge in [-0.3, -0.25) is 0 Å². The summed E-state index contributed by atoms with van der Waals surface area (Å²) < 4.78 is 54.6. The summed E-state index contributed by atoms with van der Waals surface area (Å²) in [5.74, 6) is 0.0926. The summed E-state index contributed by atoms with van der Waals surface area (Å²) in [6.07, 6.45) is -2.96. The van der Waals surface area contributed by atoms with E-state index in [0.29, 0.717) is 24.4 Å². The van der Waals surface area contributed by atoms with Crippen molar-refractivity contribution in [2.45, 2.75) is 40.0 Å². The minimum Gasteiger partial charge on any atom is -0.357 e. The molecule has 1 aromatic carbocycles. The van der Waals surface area contributed by atoms with Crippen LogP contribution in [0.5, 0.6) is 0 Å². The lowest BCUT2D eigenvalue weighted by molar-refractivity contribution is -0.138. The highest BCUT2D eigenvalue weighted by Gasteiger charge is 2.33. The van der Waals surface area contributed by atoms with Crippen molar-refractivity contribution in [3.63, 3.8) is 0 Å². The minimum atomic E-state index is -4.65. The average molecular weight is 576 g/mol. The Labute approximate surface area is 206 Å². The van der Waals surface area contributed by atoms with E-state index < -0.39 is 17.6 Å². The molecule has 0 unspecified atom stereocenters. The molecular weight excluding hydrogens is 551 g/mol. The van der Waals surface area contributed by atoms with Gasteiger partial charge in [0.1, 0.15) is 5.82 Å². The molecule has 2 heterocycles. The second-order valence-corrected chi connectivity index (χ2v) is 7.21. The Morgan fingerprint density at radius 2 is 1.85 bits per heavy atom. The normalized spacial score (nSPS) is 11.8. The van der Waals surface area contributed by atoms with Crippen LogP contribution >= 0.6 is 24.0 Å². The molecule has 6 nitrogen and oxygen atoms in total. The quantitative estimate of drug-likeness (QED) is 0.190. The number of aliphatic imine (C=N–C) groups is 1. The van der Waals surface area contributed by atoms with Crippen LogP contribution in [0.25, 0.3) is 5.82 Å². The number of alkyl halides is 3. The van der Waals surface area contributed by atoms with Gasteiger partial charge in [0.2, 0.25) is 0 Å². The topological polar surface area (TPSA) is 67.1 Å². The zero-order valence-electron chi connectivity index (χ0n) is 18.4. The Bertz CT molecular complexity index is 1090. The summed E-state index contributed by atoms with van der Waals surface area (Å²) in [6, 6.07) is 8.28. The van der Waals surface area contributed by atoms with Gasteiger partial charge in [-0.25, -0.2) is 19.0 Å². The van der Waals surface area contributed by atoms with Crippen molar-refractivity contribution in [2.24, 2.45) is 4.99 Å². The van der Waals surface area contributed by atoms with Gasteiger partial charge in [0.25, 0.3) is 0 Å². The fourth-order valence-corrected chi connectivity index (χ4v) is 3.15. The number of pyridine rings is 1. The zero-order chi connectivity index (χ0) is 23.3. The molecule has 0 amide bonds. The Hall–Kier alpha value is -2.70. The molecule has 0 saturated heterocycles. The summed E-state index contributed by atoms with van der Waals surface area (Å²) in [7, 11) is 0.